The Bertz CT molecular complexity index is 854. The van der Waals surface area contributed by atoms with Crippen LogP contribution in [0.4, 0.5) is 0 Å². The van der Waals surface area contributed by atoms with Gasteiger partial charge in [-0.25, -0.2) is 4.79 Å². The molecule has 2 N–H and O–H groups in total. The lowest BCUT2D eigenvalue weighted by molar-refractivity contribution is -0.151. The highest BCUT2D eigenvalue weighted by atomic mass is 32.2. The van der Waals surface area contributed by atoms with Crippen LogP contribution in [0.2, 0.25) is 0 Å². The van der Waals surface area contributed by atoms with Crippen molar-refractivity contribution in [3.8, 4) is 5.75 Å². The van der Waals surface area contributed by atoms with E-state index < -0.39 is 40.5 Å². The summed E-state index contributed by atoms with van der Waals surface area (Å²) in [5.74, 6) is -1.70. The van der Waals surface area contributed by atoms with E-state index in [0.29, 0.717) is 12.8 Å². The highest BCUT2D eigenvalue weighted by molar-refractivity contribution is 7.85. The minimum Gasteiger partial charge on any atom is -0.459 e. The molecule has 2 fully saturated rings. The number of aliphatic hydroxyl groups is 1. The smallest absolute Gasteiger partial charge is 0.337 e. The van der Waals surface area contributed by atoms with Gasteiger partial charge in [0.1, 0.15) is 18.5 Å². The monoisotopic (exact) mass is 414 g/mol. The summed E-state index contributed by atoms with van der Waals surface area (Å²) in [6.07, 6.45) is -0.183. The maximum absolute atomic E-state index is 12.0. The normalized spacial score (nSPS) is 27.4. The average Bonchev–Trinajstić information content (AvgIpc) is 2.89. The molecule has 2 aliphatic rings. The molecule has 154 valence electrons. The van der Waals surface area contributed by atoms with Crippen LogP contribution < -0.4 is 4.74 Å². The van der Waals surface area contributed by atoms with Crippen molar-refractivity contribution in [3.05, 3.63) is 24.3 Å². The predicted molar refractivity (Wildman–Crippen MR) is 94.0 cm³/mol. The first kappa shape index (κ1) is 20.7. The maximum Gasteiger partial charge on any atom is 0.337 e. The van der Waals surface area contributed by atoms with Crippen LogP contribution in [0.3, 0.4) is 0 Å². The lowest BCUT2D eigenvalue weighted by atomic mass is 9.71. The van der Waals surface area contributed by atoms with Gasteiger partial charge in [0.2, 0.25) is 0 Å². The first-order valence-electron chi connectivity index (χ1n) is 8.78. The van der Waals surface area contributed by atoms with Crippen molar-refractivity contribution in [1.82, 2.24) is 0 Å². The average molecular weight is 414 g/mol. The molecule has 1 heterocycles. The Balaban J connectivity index is 1.58. The second-order valence-corrected chi connectivity index (χ2v) is 9.00. The molecule has 1 saturated heterocycles. The van der Waals surface area contributed by atoms with E-state index in [9.17, 15) is 23.1 Å². The zero-order valence-corrected chi connectivity index (χ0v) is 16.2. The number of fused-ring (bicyclic) bond motifs is 2. The van der Waals surface area contributed by atoms with Gasteiger partial charge in [0, 0.05) is 12.3 Å². The van der Waals surface area contributed by atoms with Crippen LogP contribution in [0.1, 0.15) is 26.7 Å². The molecule has 3 rings (SSSR count). The first-order chi connectivity index (χ1) is 12.9. The van der Waals surface area contributed by atoms with E-state index in [1.54, 1.807) is 13.8 Å². The molecule has 4 unspecified atom stereocenters. The van der Waals surface area contributed by atoms with Crippen molar-refractivity contribution in [2.45, 2.75) is 49.4 Å². The Hall–Kier alpha value is -2.01. The second kappa shape index (κ2) is 7.43. The molecule has 1 aliphatic heterocycles. The molecule has 9 nitrogen and oxygen atoms in total. The zero-order chi connectivity index (χ0) is 20.7. The van der Waals surface area contributed by atoms with Crippen molar-refractivity contribution in [3.63, 3.8) is 0 Å². The topological polar surface area (TPSA) is 136 Å². The van der Waals surface area contributed by atoms with Gasteiger partial charge in [-0.3, -0.25) is 9.35 Å². The third kappa shape index (κ3) is 4.52. The van der Waals surface area contributed by atoms with Gasteiger partial charge in [-0.05, 0) is 44.5 Å². The summed E-state index contributed by atoms with van der Waals surface area (Å²) in [5, 5.41) is 10.3. The molecule has 0 aromatic heterocycles. The largest absolute Gasteiger partial charge is 0.459 e. The highest BCUT2D eigenvalue weighted by Gasteiger charge is 2.53. The fraction of sp³-hybridized carbons (Fsp3) is 0.556. The van der Waals surface area contributed by atoms with E-state index in [1.165, 1.54) is 12.1 Å². The fourth-order valence-corrected chi connectivity index (χ4v) is 4.21. The Labute approximate surface area is 162 Å². The summed E-state index contributed by atoms with van der Waals surface area (Å²) in [6.45, 7) is 2.86. The molecule has 0 amide bonds. The Kier molecular flexibility index (Phi) is 5.50. The number of ether oxygens (including phenoxy) is 3. The molecule has 1 aliphatic carbocycles. The van der Waals surface area contributed by atoms with Gasteiger partial charge in [0.25, 0.3) is 10.1 Å². The summed E-state index contributed by atoms with van der Waals surface area (Å²) >= 11 is 0. The van der Waals surface area contributed by atoms with Gasteiger partial charge < -0.3 is 19.3 Å². The van der Waals surface area contributed by atoms with Crippen LogP contribution in [0.15, 0.2) is 29.2 Å². The van der Waals surface area contributed by atoms with Gasteiger partial charge in [-0.15, -0.1) is 0 Å². The van der Waals surface area contributed by atoms with E-state index in [1.807, 2.05) is 0 Å². The molecule has 4 atom stereocenters. The summed E-state index contributed by atoms with van der Waals surface area (Å²) in [6, 6.07) is 4.67. The van der Waals surface area contributed by atoms with E-state index in [4.69, 9.17) is 18.8 Å². The number of benzene rings is 1. The minimum atomic E-state index is -4.33. The molecular formula is C18H22O9S. The number of hydrogen-bond donors (Lipinski definition) is 2. The Morgan fingerprint density at radius 1 is 1.25 bits per heavy atom. The maximum atomic E-state index is 12.0. The van der Waals surface area contributed by atoms with E-state index in [0.717, 1.165) is 12.1 Å². The van der Waals surface area contributed by atoms with Crippen LogP contribution in [-0.2, 0) is 29.2 Å². The Morgan fingerprint density at radius 3 is 2.46 bits per heavy atom. The number of carbonyl (C=O) groups is 2. The molecule has 1 saturated carbocycles. The molecule has 2 bridgehead atoms. The van der Waals surface area contributed by atoms with Crippen molar-refractivity contribution in [2.75, 3.05) is 6.61 Å². The Morgan fingerprint density at radius 2 is 1.89 bits per heavy atom. The number of esters is 2. The van der Waals surface area contributed by atoms with Crippen molar-refractivity contribution in [2.24, 2.45) is 11.8 Å². The number of carbonyl (C=O) groups excluding carboxylic acids is 2. The summed E-state index contributed by atoms with van der Waals surface area (Å²) < 4.78 is 46.9. The zero-order valence-electron chi connectivity index (χ0n) is 15.4. The number of rotatable bonds is 6. The van der Waals surface area contributed by atoms with Crippen molar-refractivity contribution < 1.29 is 41.9 Å². The second-order valence-electron chi connectivity index (χ2n) is 7.58. The SMILES string of the molecule is CC(C)(O)C1CC(OCC(=O)Oc2ccc(S(=O)(=O)O)cc2)C2CC1C(=O)O2. The van der Waals surface area contributed by atoms with Crippen LogP contribution in [-0.4, -0.2) is 54.4 Å². The molecule has 1 aromatic carbocycles. The fourth-order valence-electron chi connectivity index (χ4n) is 3.73. The lowest BCUT2D eigenvalue weighted by Gasteiger charge is -2.38. The molecule has 0 spiro atoms. The number of hydrogen-bond acceptors (Lipinski definition) is 8. The van der Waals surface area contributed by atoms with Gasteiger partial charge in [0.15, 0.2) is 0 Å². The van der Waals surface area contributed by atoms with Gasteiger partial charge in [0.05, 0.1) is 22.5 Å². The first-order valence-corrected chi connectivity index (χ1v) is 10.2. The molecular weight excluding hydrogens is 392 g/mol. The predicted octanol–water partition coefficient (Wildman–Crippen LogP) is 0.946. The standard InChI is InChI=1S/C18H22O9S/c1-18(2,21)13-8-14(15-7-12(13)17(20)27-15)25-9-16(19)26-10-3-5-11(6-4-10)28(22,23)24/h3-6,12-15,21H,7-9H2,1-2H3,(H,22,23,24). The third-order valence-corrected chi connectivity index (χ3v) is 5.99. The summed E-state index contributed by atoms with van der Waals surface area (Å²) in [5.41, 5.74) is -1.09. The van der Waals surface area contributed by atoms with Crippen molar-refractivity contribution in [1.29, 1.82) is 0 Å². The molecule has 0 radical (unpaired) electrons. The molecule has 28 heavy (non-hydrogen) atoms. The van der Waals surface area contributed by atoms with Crippen LogP contribution in [0, 0.1) is 11.8 Å². The van der Waals surface area contributed by atoms with Gasteiger partial charge >= 0.3 is 11.9 Å². The van der Waals surface area contributed by atoms with E-state index in [-0.39, 0.29) is 28.5 Å². The minimum absolute atomic E-state index is 0.0892. The molecule has 1 aromatic rings. The van der Waals surface area contributed by atoms with Crippen molar-refractivity contribution >= 4 is 22.1 Å². The van der Waals surface area contributed by atoms with E-state index >= 15 is 0 Å². The lowest BCUT2D eigenvalue weighted by Crippen LogP contribution is -2.45. The highest BCUT2D eigenvalue weighted by Crippen LogP contribution is 2.44. The van der Waals surface area contributed by atoms with Crippen LogP contribution in [0.25, 0.3) is 0 Å². The summed E-state index contributed by atoms with van der Waals surface area (Å²) in [4.78, 5) is 23.7. The van der Waals surface area contributed by atoms with Gasteiger partial charge in [-0.1, -0.05) is 0 Å². The van der Waals surface area contributed by atoms with E-state index in [2.05, 4.69) is 0 Å². The molecule has 10 heteroatoms. The van der Waals surface area contributed by atoms with Gasteiger partial charge in [-0.2, -0.15) is 8.42 Å². The quantitative estimate of drug-likeness (QED) is 0.396. The van der Waals surface area contributed by atoms with Crippen LogP contribution in [0.5, 0.6) is 5.75 Å². The van der Waals surface area contributed by atoms with Crippen LogP contribution >= 0.6 is 0 Å². The third-order valence-electron chi connectivity index (χ3n) is 5.12. The summed E-state index contributed by atoms with van der Waals surface area (Å²) in [7, 11) is -4.33.